The third-order valence-electron chi connectivity index (χ3n) is 3.80. The monoisotopic (exact) mass is 378 g/mol. The molecule has 0 unspecified atom stereocenters. The van der Waals surface area contributed by atoms with Crippen LogP contribution in [0.5, 0.6) is 0 Å². The number of halogens is 2. The maximum absolute atomic E-state index is 13.4. The molecule has 130 valence electrons. The summed E-state index contributed by atoms with van der Waals surface area (Å²) in [6.07, 6.45) is 3.23. The first kappa shape index (κ1) is 17.6. The second kappa shape index (κ2) is 6.61. The molecule has 2 heterocycles. The molecule has 3 aromatic rings. The number of aromatic nitrogens is 2. The Labute approximate surface area is 150 Å². The van der Waals surface area contributed by atoms with Crippen molar-refractivity contribution < 1.29 is 12.8 Å². The van der Waals surface area contributed by atoms with E-state index in [0.717, 1.165) is 5.56 Å². The summed E-state index contributed by atoms with van der Waals surface area (Å²) in [6, 6.07) is 9.15. The van der Waals surface area contributed by atoms with E-state index in [1.54, 1.807) is 31.5 Å². The zero-order valence-corrected chi connectivity index (χ0v) is 15.3. The topological polar surface area (TPSA) is 52.0 Å². The van der Waals surface area contributed by atoms with Crippen LogP contribution in [0.1, 0.15) is 16.7 Å². The van der Waals surface area contributed by atoms with Crippen LogP contribution in [0.25, 0.3) is 5.82 Å². The fourth-order valence-electron chi connectivity index (χ4n) is 2.59. The van der Waals surface area contributed by atoms with Crippen molar-refractivity contribution >= 4 is 21.4 Å². The summed E-state index contributed by atoms with van der Waals surface area (Å²) in [7, 11) is -3.66. The molecule has 0 bridgehead atoms. The Hall–Kier alpha value is -2.18. The largest absolute Gasteiger partial charge is 0.291 e. The smallest absolute Gasteiger partial charge is 0.198 e. The number of rotatable bonds is 4. The molecule has 25 heavy (non-hydrogen) atoms. The van der Waals surface area contributed by atoms with Crippen LogP contribution in [0.4, 0.5) is 4.39 Å². The van der Waals surface area contributed by atoms with E-state index in [4.69, 9.17) is 11.6 Å². The molecular formula is C18H16ClFN2O2S. The van der Waals surface area contributed by atoms with E-state index in [2.05, 4.69) is 4.98 Å². The summed E-state index contributed by atoms with van der Waals surface area (Å²) in [5, 5.41) is 0.456. The van der Waals surface area contributed by atoms with Gasteiger partial charge in [-0.3, -0.25) is 4.57 Å². The quantitative estimate of drug-likeness (QED) is 0.681. The maximum Gasteiger partial charge on any atom is 0.198 e. The van der Waals surface area contributed by atoms with Crippen LogP contribution in [0.3, 0.4) is 0 Å². The van der Waals surface area contributed by atoms with Gasteiger partial charge in [-0.05, 0) is 54.8 Å². The number of pyridine rings is 1. The highest BCUT2D eigenvalue weighted by Gasteiger charge is 2.22. The van der Waals surface area contributed by atoms with Gasteiger partial charge in [0.15, 0.2) is 15.7 Å². The van der Waals surface area contributed by atoms with Crippen molar-refractivity contribution in [3.8, 4) is 5.82 Å². The van der Waals surface area contributed by atoms with Crippen LogP contribution >= 0.6 is 11.6 Å². The Balaban J connectivity index is 2.01. The van der Waals surface area contributed by atoms with Crippen molar-refractivity contribution in [2.45, 2.75) is 24.6 Å². The van der Waals surface area contributed by atoms with Crippen molar-refractivity contribution in [1.29, 1.82) is 0 Å². The molecule has 0 spiro atoms. The van der Waals surface area contributed by atoms with Crippen LogP contribution in [0, 0.1) is 19.7 Å². The summed E-state index contributed by atoms with van der Waals surface area (Å²) in [4.78, 5) is 4.24. The van der Waals surface area contributed by atoms with E-state index >= 15 is 0 Å². The average molecular weight is 379 g/mol. The zero-order chi connectivity index (χ0) is 18.2. The van der Waals surface area contributed by atoms with Crippen LogP contribution in [-0.2, 0) is 15.6 Å². The first-order valence-electron chi connectivity index (χ1n) is 7.55. The normalized spacial score (nSPS) is 11.7. The van der Waals surface area contributed by atoms with E-state index in [-0.39, 0.29) is 16.6 Å². The van der Waals surface area contributed by atoms with Crippen LogP contribution in [-0.4, -0.2) is 18.0 Å². The first-order chi connectivity index (χ1) is 11.8. The van der Waals surface area contributed by atoms with Crippen molar-refractivity contribution in [3.63, 3.8) is 0 Å². The Morgan fingerprint density at radius 1 is 1.20 bits per heavy atom. The number of hydrogen-bond acceptors (Lipinski definition) is 3. The Kier molecular flexibility index (Phi) is 4.67. The van der Waals surface area contributed by atoms with E-state index in [9.17, 15) is 12.8 Å². The fraction of sp³-hybridized carbons (Fsp3) is 0.167. The second-order valence-corrected chi connectivity index (χ2v) is 8.22. The van der Waals surface area contributed by atoms with Gasteiger partial charge in [0, 0.05) is 12.4 Å². The van der Waals surface area contributed by atoms with Gasteiger partial charge < -0.3 is 0 Å². The molecule has 0 saturated heterocycles. The lowest BCUT2D eigenvalue weighted by Crippen LogP contribution is -2.11. The van der Waals surface area contributed by atoms with Gasteiger partial charge >= 0.3 is 0 Å². The molecule has 0 atom stereocenters. The number of nitrogens with zero attached hydrogens (tertiary/aromatic N) is 2. The molecule has 7 heteroatoms. The number of hydrogen-bond donors (Lipinski definition) is 0. The highest BCUT2D eigenvalue weighted by atomic mass is 35.5. The molecule has 3 rings (SSSR count). The molecule has 0 aliphatic heterocycles. The highest BCUT2D eigenvalue weighted by Crippen LogP contribution is 2.25. The molecule has 0 aliphatic rings. The lowest BCUT2D eigenvalue weighted by molar-refractivity contribution is 0.587. The Morgan fingerprint density at radius 3 is 2.64 bits per heavy atom. The van der Waals surface area contributed by atoms with Crippen molar-refractivity contribution in [1.82, 2.24) is 9.55 Å². The number of benzene rings is 1. The molecule has 2 aromatic heterocycles. The minimum Gasteiger partial charge on any atom is -0.291 e. The van der Waals surface area contributed by atoms with Gasteiger partial charge in [-0.15, -0.1) is 0 Å². The lowest BCUT2D eigenvalue weighted by atomic mass is 10.1. The van der Waals surface area contributed by atoms with Crippen molar-refractivity contribution in [3.05, 3.63) is 76.3 Å². The van der Waals surface area contributed by atoms with Crippen LogP contribution in [0.15, 0.2) is 53.8 Å². The molecule has 0 amide bonds. The highest BCUT2D eigenvalue weighted by molar-refractivity contribution is 7.90. The lowest BCUT2D eigenvalue weighted by Gasteiger charge is -2.11. The minimum atomic E-state index is -3.66. The van der Waals surface area contributed by atoms with E-state index in [1.807, 2.05) is 6.92 Å². The summed E-state index contributed by atoms with van der Waals surface area (Å²) < 4.78 is 40.5. The SMILES string of the molecule is Cc1cnc(-n2cccc2S(=O)(=O)Cc2ccc(F)c(C)c2)c(Cl)c1. The molecule has 0 fully saturated rings. The van der Waals surface area contributed by atoms with Crippen LogP contribution in [0.2, 0.25) is 5.02 Å². The number of aryl methyl sites for hydroxylation is 2. The number of sulfone groups is 1. The Morgan fingerprint density at radius 2 is 1.96 bits per heavy atom. The van der Waals surface area contributed by atoms with E-state index in [1.165, 1.54) is 28.8 Å². The van der Waals surface area contributed by atoms with Gasteiger partial charge in [-0.2, -0.15) is 0 Å². The Bertz CT molecular complexity index is 1040. The van der Waals surface area contributed by atoms with Gasteiger partial charge in [0.2, 0.25) is 0 Å². The molecule has 0 aliphatic carbocycles. The molecular weight excluding hydrogens is 363 g/mol. The molecule has 4 nitrogen and oxygen atoms in total. The predicted molar refractivity (Wildman–Crippen MR) is 95.3 cm³/mol. The predicted octanol–water partition coefficient (Wildman–Crippen LogP) is 4.26. The van der Waals surface area contributed by atoms with E-state index < -0.39 is 9.84 Å². The first-order valence-corrected chi connectivity index (χ1v) is 9.58. The van der Waals surface area contributed by atoms with Gasteiger partial charge in [0.05, 0.1) is 10.8 Å². The standard InChI is InChI=1S/C18H16ClFN2O2S/c1-12-8-15(19)18(21-10-12)22-7-3-4-17(22)25(23,24)11-14-5-6-16(20)13(2)9-14/h3-10H,11H2,1-2H3. The molecule has 0 saturated carbocycles. The van der Waals surface area contributed by atoms with Gasteiger partial charge in [0.25, 0.3) is 0 Å². The summed E-state index contributed by atoms with van der Waals surface area (Å²) in [5.41, 5.74) is 1.81. The van der Waals surface area contributed by atoms with Gasteiger partial charge in [-0.25, -0.2) is 17.8 Å². The molecule has 1 aromatic carbocycles. The molecule has 0 radical (unpaired) electrons. The summed E-state index contributed by atoms with van der Waals surface area (Å²) >= 11 is 6.22. The van der Waals surface area contributed by atoms with Gasteiger partial charge in [0.1, 0.15) is 10.8 Å². The molecule has 0 N–H and O–H groups in total. The maximum atomic E-state index is 13.4. The van der Waals surface area contributed by atoms with E-state index in [0.29, 0.717) is 22.0 Å². The second-order valence-electron chi connectivity index (χ2n) is 5.88. The van der Waals surface area contributed by atoms with Crippen molar-refractivity contribution in [2.75, 3.05) is 0 Å². The van der Waals surface area contributed by atoms with Crippen molar-refractivity contribution in [2.24, 2.45) is 0 Å². The third-order valence-corrected chi connectivity index (χ3v) is 5.76. The van der Waals surface area contributed by atoms with Crippen LogP contribution < -0.4 is 0 Å². The zero-order valence-electron chi connectivity index (χ0n) is 13.7. The summed E-state index contributed by atoms with van der Waals surface area (Å²) in [6.45, 7) is 3.46. The van der Waals surface area contributed by atoms with Gasteiger partial charge in [-0.1, -0.05) is 23.7 Å². The third kappa shape index (κ3) is 3.60. The minimum absolute atomic E-state index is 0.0905. The average Bonchev–Trinajstić information content (AvgIpc) is 3.01. The summed E-state index contributed by atoms with van der Waals surface area (Å²) in [5.74, 6) is -0.243. The fourth-order valence-corrected chi connectivity index (χ4v) is 4.40.